The zero-order chi connectivity index (χ0) is 11.5. The minimum absolute atomic E-state index is 0.519. The lowest BCUT2D eigenvalue weighted by Crippen LogP contribution is -2.38. The van der Waals surface area contributed by atoms with Gasteiger partial charge in [0.1, 0.15) is 12.4 Å². The van der Waals surface area contributed by atoms with Crippen LogP contribution >= 0.6 is 0 Å². The molecule has 1 atom stereocenters. The lowest BCUT2D eigenvalue weighted by atomic mass is 10.1. The van der Waals surface area contributed by atoms with E-state index in [0.717, 1.165) is 24.4 Å². The largest absolute Gasteiger partial charge is 0.492 e. The molecule has 0 bridgehead atoms. The molecule has 3 heteroatoms. The Morgan fingerprint density at radius 2 is 2.24 bits per heavy atom. The molecule has 17 heavy (non-hydrogen) atoms. The highest BCUT2D eigenvalue weighted by Crippen LogP contribution is 2.20. The smallest absolute Gasteiger partial charge is 0.120 e. The van der Waals surface area contributed by atoms with Crippen LogP contribution in [0.1, 0.15) is 19.3 Å². The molecular formula is C14H18N2O. The first-order valence-corrected chi connectivity index (χ1v) is 6.35. The van der Waals surface area contributed by atoms with Crippen LogP contribution in [0.5, 0.6) is 5.75 Å². The molecule has 1 saturated heterocycles. The van der Waals surface area contributed by atoms with E-state index in [4.69, 9.17) is 4.74 Å². The van der Waals surface area contributed by atoms with Crippen molar-refractivity contribution in [3.63, 3.8) is 0 Å². The van der Waals surface area contributed by atoms with Gasteiger partial charge in [-0.1, -0.05) is 6.42 Å². The maximum atomic E-state index is 5.85. The zero-order valence-corrected chi connectivity index (χ0v) is 9.91. The molecule has 2 heterocycles. The van der Waals surface area contributed by atoms with E-state index in [1.165, 1.54) is 24.6 Å². The number of ether oxygens (including phenoxy) is 1. The van der Waals surface area contributed by atoms with E-state index in [-0.39, 0.29) is 0 Å². The molecule has 0 radical (unpaired) electrons. The first-order valence-electron chi connectivity index (χ1n) is 6.35. The minimum atomic E-state index is 0.519. The Morgan fingerprint density at radius 3 is 3.12 bits per heavy atom. The van der Waals surface area contributed by atoms with Gasteiger partial charge in [0.2, 0.25) is 0 Å². The molecule has 1 unspecified atom stereocenters. The third-order valence-electron chi connectivity index (χ3n) is 3.39. The van der Waals surface area contributed by atoms with Crippen molar-refractivity contribution in [1.29, 1.82) is 0 Å². The van der Waals surface area contributed by atoms with Crippen LogP contribution in [0.4, 0.5) is 0 Å². The fraction of sp³-hybridized carbons (Fsp3) is 0.429. The fourth-order valence-corrected chi connectivity index (χ4v) is 2.38. The number of rotatable bonds is 3. The minimum Gasteiger partial charge on any atom is -0.492 e. The van der Waals surface area contributed by atoms with Crippen LogP contribution in [0.2, 0.25) is 0 Å². The third-order valence-corrected chi connectivity index (χ3v) is 3.39. The Labute approximate surface area is 101 Å². The number of hydrogen-bond acceptors (Lipinski definition) is 2. The normalized spacial score (nSPS) is 20.6. The number of nitrogens with one attached hydrogen (secondary N) is 2. The van der Waals surface area contributed by atoms with E-state index in [1.54, 1.807) is 0 Å². The first kappa shape index (κ1) is 10.7. The van der Waals surface area contributed by atoms with Crippen molar-refractivity contribution in [1.82, 2.24) is 10.3 Å². The number of aromatic amines is 1. The topological polar surface area (TPSA) is 37.0 Å². The van der Waals surface area contributed by atoms with Gasteiger partial charge in [-0.15, -0.1) is 0 Å². The van der Waals surface area contributed by atoms with E-state index < -0.39 is 0 Å². The molecule has 1 aromatic carbocycles. The Kier molecular flexibility index (Phi) is 3.01. The second-order valence-electron chi connectivity index (χ2n) is 4.68. The van der Waals surface area contributed by atoms with Crippen LogP contribution in [0.15, 0.2) is 30.5 Å². The van der Waals surface area contributed by atoms with E-state index >= 15 is 0 Å². The average molecular weight is 230 g/mol. The third kappa shape index (κ3) is 2.44. The summed E-state index contributed by atoms with van der Waals surface area (Å²) >= 11 is 0. The standard InChI is InChI=1S/C14H18N2O/c1-2-7-15-12(3-1)10-17-13-4-5-14-11(9-13)6-8-16-14/h4-6,8-9,12,15-16H,1-3,7,10H2. The SMILES string of the molecule is c1cc2cc(OCC3CCCCN3)ccc2[nH]1. The number of aromatic nitrogens is 1. The van der Waals surface area contributed by atoms with Gasteiger partial charge in [0.05, 0.1) is 0 Å². The van der Waals surface area contributed by atoms with Crippen molar-refractivity contribution >= 4 is 10.9 Å². The van der Waals surface area contributed by atoms with Crippen molar-refractivity contribution < 1.29 is 4.74 Å². The number of piperidine rings is 1. The highest BCUT2D eigenvalue weighted by atomic mass is 16.5. The Balaban J connectivity index is 1.63. The maximum absolute atomic E-state index is 5.85. The number of benzene rings is 1. The summed E-state index contributed by atoms with van der Waals surface area (Å²) in [5, 5.41) is 4.70. The summed E-state index contributed by atoms with van der Waals surface area (Å²) in [6.45, 7) is 1.90. The molecule has 90 valence electrons. The molecule has 1 aliphatic rings. The molecule has 3 nitrogen and oxygen atoms in total. The van der Waals surface area contributed by atoms with Gasteiger partial charge in [0.25, 0.3) is 0 Å². The lowest BCUT2D eigenvalue weighted by Gasteiger charge is -2.23. The van der Waals surface area contributed by atoms with Gasteiger partial charge >= 0.3 is 0 Å². The monoisotopic (exact) mass is 230 g/mol. The van der Waals surface area contributed by atoms with E-state index in [2.05, 4.69) is 28.5 Å². The fourth-order valence-electron chi connectivity index (χ4n) is 2.38. The lowest BCUT2D eigenvalue weighted by molar-refractivity contribution is 0.239. The molecule has 0 saturated carbocycles. The van der Waals surface area contributed by atoms with E-state index in [0.29, 0.717) is 6.04 Å². The second-order valence-corrected chi connectivity index (χ2v) is 4.68. The van der Waals surface area contributed by atoms with Crippen molar-refractivity contribution in [3.8, 4) is 5.75 Å². The summed E-state index contributed by atoms with van der Waals surface area (Å²) in [7, 11) is 0. The van der Waals surface area contributed by atoms with Gasteiger partial charge in [-0.3, -0.25) is 0 Å². The van der Waals surface area contributed by atoms with Gasteiger partial charge in [-0.2, -0.15) is 0 Å². The van der Waals surface area contributed by atoms with Gasteiger partial charge in [-0.05, 0) is 43.7 Å². The highest BCUT2D eigenvalue weighted by molar-refractivity contribution is 5.80. The number of H-pyrrole nitrogens is 1. The Morgan fingerprint density at radius 1 is 1.24 bits per heavy atom. The van der Waals surface area contributed by atoms with Crippen LogP contribution < -0.4 is 10.1 Å². The Hall–Kier alpha value is -1.48. The summed E-state index contributed by atoms with van der Waals surface area (Å²) in [6.07, 6.45) is 5.80. The number of fused-ring (bicyclic) bond motifs is 1. The summed E-state index contributed by atoms with van der Waals surface area (Å²) in [5.41, 5.74) is 1.16. The molecule has 0 aliphatic carbocycles. The van der Waals surface area contributed by atoms with Gasteiger partial charge < -0.3 is 15.0 Å². The molecule has 1 aliphatic heterocycles. The molecule has 0 amide bonds. The van der Waals surface area contributed by atoms with Gasteiger partial charge in [0, 0.05) is 23.1 Å². The van der Waals surface area contributed by atoms with E-state index in [1.807, 2.05) is 12.3 Å². The van der Waals surface area contributed by atoms with Gasteiger partial charge in [0.15, 0.2) is 0 Å². The number of hydrogen-bond donors (Lipinski definition) is 2. The average Bonchev–Trinajstić information content (AvgIpc) is 2.85. The van der Waals surface area contributed by atoms with Crippen molar-refractivity contribution in [2.45, 2.75) is 25.3 Å². The van der Waals surface area contributed by atoms with Crippen LogP contribution in [0, 0.1) is 0 Å². The molecule has 1 aromatic heterocycles. The van der Waals surface area contributed by atoms with Crippen LogP contribution in [-0.2, 0) is 0 Å². The van der Waals surface area contributed by atoms with Crippen molar-refractivity contribution in [3.05, 3.63) is 30.5 Å². The highest BCUT2D eigenvalue weighted by Gasteiger charge is 2.12. The van der Waals surface area contributed by atoms with Gasteiger partial charge in [-0.25, -0.2) is 0 Å². The predicted octanol–water partition coefficient (Wildman–Crippen LogP) is 2.69. The first-order chi connectivity index (χ1) is 8.42. The van der Waals surface area contributed by atoms with Crippen LogP contribution in [-0.4, -0.2) is 24.2 Å². The Bertz CT molecular complexity index is 486. The summed E-state index contributed by atoms with van der Waals surface area (Å²) in [4.78, 5) is 3.18. The summed E-state index contributed by atoms with van der Waals surface area (Å²) < 4.78 is 5.85. The quantitative estimate of drug-likeness (QED) is 0.850. The molecule has 2 N–H and O–H groups in total. The molecule has 2 aromatic rings. The van der Waals surface area contributed by atoms with Crippen molar-refractivity contribution in [2.75, 3.05) is 13.2 Å². The predicted molar refractivity (Wildman–Crippen MR) is 69.4 cm³/mol. The molecule has 1 fully saturated rings. The zero-order valence-electron chi connectivity index (χ0n) is 9.91. The van der Waals surface area contributed by atoms with Crippen LogP contribution in [0.25, 0.3) is 10.9 Å². The maximum Gasteiger partial charge on any atom is 0.120 e. The molecule has 3 rings (SSSR count). The van der Waals surface area contributed by atoms with Crippen LogP contribution in [0.3, 0.4) is 0 Å². The van der Waals surface area contributed by atoms with Crippen molar-refractivity contribution in [2.24, 2.45) is 0 Å². The summed E-state index contributed by atoms with van der Waals surface area (Å²) in [6, 6.07) is 8.78. The molecule has 0 spiro atoms. The molecular weight excluding hydrogens is 212 g/mol. The second kappa shape index (κ2) is 4.80. The summed E-state index contributed by atoms with van der Waals surface area (Å²) in [5.74, 6) is 0.962. The van der Waals surface area contributed by atoms with E-state index in [9.17, 15) is 0 Å².